The van der Waals surface area contributed by atoms with E-state index in [9.17, 15) is 0 Å². The summed E-state index contributed by atoms with van der Waals surface area (Å²) in [5.74, 6) is 0. The zero-order valence-electron chi connectivity index (χ0n) is 10.6. The molecule has 17 heavy (non-hydrogen) atoms. The molecule has 1 heterocycles. The largest absolute Gasteiger partial charge is 0.388 e. The molecular formula is C14H17BrN2. The van der Waals surface area contributed by atoms with Crippen LogP contribution >= 0.6 is 15.9 Å². The number of para-hydroxylation sites is 1. The minimum atomic E-state index is 0.0507. The second-order valence-electron chi connectivity index (χ2n) is 5.19. The van der Waals surface area contributed by atoms with Gasteiger partial charge in [0.25, 0.3) is 0 Å². The molecule has 0 aliphatic carbocycles. The molecule has 0 spiro atoms. The van der Waals surface area contributed by atoms with Crippen LogP contribution < -0.4 is 5.32 Å². The molecule has 0 atom stereocenters. The molecule has 2 rings (SSSR count). The van der Waals surface area contributed by atoms with E-state index in [0.717, 1.165) is 26.8 Å². The van der Waals surface area contributed by atoms with Crippen molar-refractivity contribution < 1.29 is 0 Å². The lowest BCUT2D eigenvalue weighted by atomic mass is 9.91. The molecule has 2 nitrogen and oxygen atoms in total. The molecule has 0 radical (unpaired) electrons. The van der Waals surface area contributed by atoms with Gasteiger partial charge in [0.1, 0.15) is 0 Å². The number of pyridine rings is 1. The summed E-state index contributed by atoms with van der Waals surface area (Å²) in [7, 11) is 1.95. The van der Waals surface area contributed by atoms with Crippen molar-refractivity contribution in [3.63, 3.8) is 0 Å². The Morgan fingerprint density at radius 2 is 1.94 bits per heavy atom. The first-order valence-corrected chi connectivity index (χ1v) is 6.50. The third-order valence-corrected chi connectivity index (χ3v) is 3.47. The van der Waals surface area contributed by atoms with Crippen LogP contribution in [-0.4, -0.2) is 12.0 Å². The van der Waals surface area contributed by atoms with E-state index in [1.807, 2.05) is 19.2 Å². The lowest BCUT2D eigenvalue weighted by Crippen LogP contribution is -2.14. The number of rotatable bonds is 1. The van der Waals surface area contributed by atoms with Crippen molar-refractivity contribution in [1.82, 2.24) is 4.98 Å². The predicted octanol–water partition coefficient (Wildman–Crippen LogP) is 4.34. The van der Waals surface area contributed by atoms with Gasteiger partial charge in [0.2, 0.25) is 0 Å². The van der Waals surface area contributed by atoms with Gasteiger partial charge in [0, 0.05) is 33.7 Å². The highest BCUT2D eigenvalue weighted by Crippen LogP contribution is 2.32. The first-order chi connectivity index (χ1) is 7.93. The van der Waals surface area contributed by atoms with Gasteiger partial charge in [-0.2, -0.15) is 0 Å². The van der Waals surface area contributed by atoms with E-state index in [1.54, 1.807) is 0 Å². The van der Waals surface area contributed by atoms with Crippen LogP contribution in [0.3, 0.4) is 0 Å². The van der Waals surface area contributed by atoms with Crippen molar-refractivity contribution in [1.29, 1.82) is 0 Å². The number of benzene rings is 1. The highest BCUT2D eigenvalue weighted by molar-refractivity contribution is 9.10. The normalized spacial score (nSPS) is 11.8. The Kier molecular flexibility index (Phi) is 3.13. The van der Waals surface area contributed by atoms with Crippen molar-refractivity contribution in [3.8, 4) is 0 Å². The molecule has 1 aromatic carbocycles. The van der Waals surface area contributed by atoms with Crippen molar-refractivity contribution in [2.45, 2.75) is 26.2 Å². The maximum atomic E-state index is 4.77. The Morgan fingerprint density at radius 3 is 2.53 bits per heavy atom. The summed E-state index contributed by atoms with van der Waals surface area (Å²) < 4.78 is 1.04. The number of hydrogen-bond donors (Lipinski definition) is 1. The van der Waals surface area contributed by atoms with Crippen molar-refractivity contribution in [3.05, 3.63) is 34.4 Å². The number of aromatic nitrogens is 1. The maximum absolute atomic E-state index is 4.77. The summed E-state index contributed by atoms with van der Waals surface area (Å²) in [4.78, 5) is 4.77. The van der Waals surface area contributed by atoms with Gasteiger partial charge in [-0.25, -0.2) is 0 Å². The van der Waals surface area contributed by atoms with Crippen LogP contribution in [0.4, 0.5) is 5.69 Å². The summed E-state index contributed by atoms with van der Waals surface area (Å²) in [6.45, 7) is 6.53. The van der Waals surface area contributed by atoms with Crippen molar-refractivity contribution >= 4 is 32.5 Å². The van der Waals surface area contributed by atoms with Gasteiger partial charge in [0.15, 0.2) is 0 Å². The number of hydrogen-bond acceptors (Lipinski definition) is 2. The molecule has 0 aliphatic rings. The zero-order chi connectivity index (χ0) is 12.6. The predicted molar refractivity (Wildman–Crippen MR) is 77.7 cm³/mol. The minimum Gasteiger partial charge on any atom is -0.388 e. The maximum Gasteiger partial charge on any atom is 0.0868 e. The summed E-state index contributed by atoms with van der Waals surface area (Å²) in [5.41, 5.74) is 3.29. The summed E-state index contributed by atoms with van der Waals surface area (Å²) in [6, 6.07) is 8.28. The minimum absolute atomic E-state index is 0.0507. The second-order valence-corrected chi connectivity index (χ2v) is 6.05. The lowest BCUT2D eigenvalue weighted by molar-refractivity contribution is 0.572. The molecule has 0 unspecified atom stereocenters. The van der Waals surface area contributed by atoms with Crippen molar-refractivity contribution in [2.75, 3.05) is 12.4 Å². The molecular weight excluding hydrogens is 276 g/mol. The Hall–Kier alpha value is -1.09. The Morgan fingerprint density at radius 1 is 1.24 bits per heavy atom. The van der Waals surface area contributed by atoms with Crippen LogP contribution in [0.5, 0.6) is 0 Å². The molecule has 3 heteroatoms. The van der Waals surface area contributed by atoms with E-state index >= 15 is 0 Å². The standard InChI is InChI=1S/C14H17BrN2/c1-14(2,3)12-8-11(16-4)9-6-5-7-10(15)13(9)17-12/h5-8H,1-4H3,(H,16,17). The lowest BCUT2D eigenvalue weighted by Gasteiger charge is -2.20. The fraction of sp³-hybridized carbons (Fsp3) is 0.357. The molecule has 0 amide bonds. The molecule has 0 bridgehead atoms. The fourth-order valence-corrected chi connectivity index (χ4v) is 2.26. The van der Waals surface area contributed by atoms with Crippen LogP contribution in [0.2, 0.25) is 0 Å². The van der Waals surface area contributed by atoms with Gasteiger partial charge < -0.3 is 5.32 Å². The monoisotopic (exact) mass is 292 g/mol. The molecule has 2 aromatic rings. The second kappa shape index (κ2) is 4.30. The smallest absolute Gasteiger partial charge is 0.0868 e. The molecule has 1 N–H and O–H groups in total. The summed E-state index contributed by atoms with van der Waals surface area (Å²) >= 11 is 3.57. The van der Waals surface area contributed by atoms with Crippen LogP contribution in [0, 0.1) is 0 Å². The fourth-order valence-electron chi connectivity index (χ4n) is 1.80. The van der Waals surface area contributed by atoms with Crippen LogP contribution in [0.15, 0.2) is 28.7 Å². The quantitative estimate of drug-likeness (QED) is 0.846. The van der Waals surface area contributed by atoms with Gasteiger partial charge in [0.05, 0.1) is 5.52 Å². The van der Waals surface area contributed by atoms with Gasteiger partial charge in [-0.3, -0.25) is 4.98 Å². The highest BCUT2D eigenvalue weighted by atomic mass is 79.9. The summed E-state index contributed by atoms with van der Waals surface area (Å²) in [6.07, 6.45) is 0. The number of fused-ring (bicyclic) bond motifs is 1. The SMILES string of the molecule is CNc1cc(C(C)(C)C)nc2c(Br)cccc12. The topological polar surface area (TPSA) is 24.9 Å². The van der Waals surface area contributed by atoms with Gasteiger partial charge in [-0.15, -0.1) is 0 Å². The van der Waals surface area contributed by atoms with Crippen LogP contribution in [-0.2, 0) is 5.41 Å². The van der Waals surface area contributed by atoms with Crippen LogP contribution in [0.1, 0.15) is 26.5 Å². The van der Waals surface area contributed by atoms with Crippen molar-refractivity contribution in [2.24, 2.45) is 0 Å². The zero-order valence-corrected chi connectivity index (χ0v) is 12.2. The molecule has 1 aromatic heterocycles. The third kappa shape index (κ3) is 2.29. The Bertz CT molecular complexity index is 556. The number of halogens is 1. The van der Waals surface area contributed by atoms with Gasteiger partial charge >= 0.3 is 0 Å². The van der Waals surface area contributed by atoms with E-state index in [0.29, 0.717) is 0 Å². The van der Waals surface area contributed by atoms with E-state index in [-0.39, 0.29) is 5.41 Å². The molecule has 0 saturated heterocycles. The summed E-state index contributed by atoms with van der Waals surface area (Å²) in [5, 5.41) is 4.40. The van der Waals surface area contributed by atoms with Gasteiger partial charge in [-0.1, -0.05) is 32.9 Å². The number of anilines is 1. The molecule has 0 saturated carbocycles. The van der Waals surface area contributed by atoms with Crippen LogP contribution in [0.25, 0.3) is 10.9 Å². The van der Waals surface area contributed by atoms with Gasteiger partial charge in [-0.05, 0) is 28.1 Å². The molecule has 90 valence electrons. The average molecular weight is 293 g/mol. The molecule has 0 fully saturated rings. The average Bonchev–Trinajstić information content (AvgIpc) is 2.27. The highest BCUT2D eigenvalue weighted by Gasteiger charge is 2.18. The third-order valence-electron chi connectivity index (χ3n) is 2.83. The van der Waals surface area contributed by atoms with E-state index < -0.39 is 0 Å². The Balaban J connectivity index is 2.81. The Labute approximate surface area is 111 Å². The first-order valence-electron chi connectivity index (χ1n) is 5.71. The number of nitrogens with one attached hydrogen (secondary N) is 1. The van der Waals surface area contributed by atoms with E-state index in [4.69, 9.17) is 4.98 Å². The number of nitrogens with zero attached hydrogens (tertiary/aromatic N) is 1. The van der Waals surface area contributed by atoms with E-state index in [1.165, 1.54) is 0 Å². The first kappa shape index (κ1) is 12.4. The van der Waals surface area contributed by atoms with E-state index in [2.05, 4.69) is 54.2 Å². The molecule has 0 aliphatic heterocycles.